The van der Waals surface area contributed by atoms with Crippen LogP contribution in [-0.4, -0.2) is 120 Å². The highest BCUT2D eigenvalue weighted by Crippen LogP contribution is 2.23. The predicted molar refractivity (Wildman–Crippen MR) is 351 cm³/mol. The molecule has 0 atom stereocenters. The summed E-state index contributed by atoms with van der Waals surface area (Å²) in [5, 5.41) is 21.4. The van der Waals surface area contributed by atoms with Crippen molar-refractivity contribution < 1.29 is 24.4 Å². The van der Waals surface area contributed by atoms with Crippen molar-refractivity contribution in [2.45, 2.75) is 117 Å². The Bertz CT molecular complexity index is 4020. The van der Waals surface area contributed by atoms with Gasteiger partial charge in [-0.25, -0.2) is 14.4 Å². The van der Waals surface area contributed by atoms with Gasteiger partial charge in [-0.1, -0.05) is 143 Å². The van der Waals surface area contributed by atoms with Crippen LogP contribution in [-0.2, 0) is 45.1 Å². The zero-order valence-electron chi connectivity index (χ0n) is 51.3. The average Bonchev–Trinajstić information content (AvgIpc) is 1.71. The molecule has 0 bridgehead atoms. The molecular weight excluding hydrogens is 1170 g/mol. The first-order valence-corrected chi connectivity index (χ1v) is 31.0. The molecule has 0 saturated heterocycles. The van der Waals surface area contributed by atoms with Gasteiger partial charge in [0.15, 0.2) is 34.4 Å². The van der Waals surface area contributed by atoms with Crippen molar-refractivity contribution in [1.82, 2.24) is 68.8 Å². The number of hydrogen-bond acceptors (Lipinski definition) is 19. The number of nitrogens with zero attached hydrogens (tertiary/aromatic N) is 10. The van der Waals surface area contributed by atoms with E-state index in [1.54, 1.807) is 4.57 Å². The topological polar surface area (TPSA) is 352 Å². The van der Waals surface area contributed by atoms with Gasteiger partial charge < -0.3 is 61.9 Å². The minimum Gasteiger partial charge on any atom is -0.463 e. The Morgan fingerprint density at radius 2 is 0.833 bits per heavy atom. The third-order valence-electron chi connectivity index (χ3n) is 14.5. The molecule has 10 aromatic rings. The number of nitrogens with one attached hydrogen (secondary N) is 4. The van der Waals surface area contributed by atoms with E-state index in [0.717, 1.165) is 117 Å². The fourth-order valence-electron chi connectivity index (χ4n) is 9.49. The van der Waals surface area contributed by atoms with Crippen molar-refractivity contribution in [1.29, 1.82) is 0 Å². The van der Waals surface area contributed by atoms with E-state index in [1.165, 1.54) is 14.7 Å². The van der Waals surface area contributed by atoms with E-state index in [4.69, 9.17) is 48.1 Å². The predicted octanol–water partition coefficient (Wildman–Crippen LogP) is 7.38. The highest BCUT2D eigenvalue weighted by atomic mass is 35.5. The second-order valence-electron chi connectivity index (χ2n) is 21.5. The first kappa shape index (κ1) is 66.8. The number of aromatic amines is 3. The number of imidazole rings is 3. The number of aliphatic hydroxyl groups excluding tert-OH is 2. The molecule has 25 nitrogen and oxygen atoms in total. The van der Waals surface area contributed by atoms with Crippen LogP contribution in [0.4, 0.5) is 17.5 Å². The van der Waals surface area contributed by atoms with Crippen LogP contribution in [0.3, 0.4) is 0 Å². The normalized spacial score (nSPS) is 11.3. The summed E-state index contributed by atoms with van der Waals surface area (Å²) >= 11 is 5.81. The third kappa shape index (κ3) is 18.7. The van der Waals surface area contributed by atoms with Gasteiger partial charge in [0.2, 0.25) is 0 Å². The van der Waals surface area contributed by atoms with E-state index < -0.39 is 0 Å². The number of fused-ring (bicyclic) bond motifs is 3. The molecule has 0 fully saturated rings. The zero-order chi connectivity index (χ0) is 63.8. The van der Waals surface area contributed by atoms with Gasteiger partial charge >= 0.3 is 35.1 Å². The number of ether oxygens (including phenoxy) is 3. The molecule has 6 heterocycles. The molecule has 478 valence electrons. The van der Waals surface area contributed by atoms with Crippen LogP contribution in [0.25, 0.3) is 33.5 Å². The van der Waals surface area contributed by atoms with Crippen molar-refractivity contribution >= 4 is 62.5 Å². The highest BCUT2D eigenvalue weighted by Gasteiger charge is 2.19. The number of alkyl halides is 1. The van der Waals surface area contributed by atoms with Crippen molar-refractivity contribution in [3.8, 4) is 18.0 Å². The first-order chi connectivity index (χ1) is 43.8. The van der Waals surface area contributed by atoms with E-state index in [9.17, 15) is 19.5 Å². The molecule has 0 aliphatic heterocycles. The Kier molecular flexibility index (Phi) is 25.2. The molecule has 0 unspecified atom stereocenters. The number of aliphatic hydroxyl groups is 2. The largest absolute Gasteiger partial charge is 0.463 e. The summed E-state index contributed by atoms with van der Waals surface area (Å²) in [4.78, 5) is 73.5. The molecule has 0 spiro atoms. The molecule has 90 heavy (non-hydrogen) atoms. The van der Waals surface area contributed by atoms with Gasteiger partial charge in [0.1, 0.15) is 16.6 Å². The molecule has 0 aliphatic rings. The average molecular weight is 1250 g/mol. The van der Waals surface area contributed by atoms with Gasteiger partial charge in [-0.2, -0.15) is 29.9 Å². The van der Waals surface area contributed by atoms with E-state index >= 15 is 0 Å². The van der Waals surface area contributed by atoms with Crippen molar-refractivity contribution in [2.24, 2.45) is 0 Å². The van der Waals surface area contributed by atoms with E-state index in [-0.39, 0.29) is 65.8 Å². The molecule has 4 aromatic carbocycles. The molecular formula is C64H82ClN17O8. The van der Waals surface area contributed by atoms with Crippen molar-refractivity contribution in [2.75, 3.05) is 63.3 Å². The van der Waals surface area contributed by atoms with Crippen molar-refractivity contribution in [3.05, 3.63) is 174 Å². The fraction of sp³-hybridized carbons (Fsp3) is 0.391. The number of anilines is 3. The molecule has 0 saturated carbocycles. The summed E-state index contributed by atoms with van der Waals surface area (Å²) < 4.78 is 21.3. The van der Waals surface area contributed by atoms with Crippen LogP contribution >= 0.6 is 11.6 Å². The molecule has 0 amide bonds. The summed E-state index contributed by atoms with van der Waals surface area (Å²) in [5.41, 5.74) is 27.1. The van der Waals surface area contributed by atoms with Gasteiger partial charge in [-0.05, 0) is 77.6 Å². The van der Waals surface area contributed by atoms with E-state index in [0.29, 0.717) is 78.8 Å². The van der Waals surface area contributed by atoms with Gasteiger partial charge in [-0.15, -0.1) is 11.6 Å². The molecule has 10 rings (SSSR count). The third-order valence-corrected chi connectivity index (χ3v) is 14.8. The number of hydrogen-bond donors (Lipinski definition) is 9. The number of unbranched alkanes of at least 4 members (excludes halogenated alkanes) is 3. The maximum Gasteiger partial charge on any atom is 0.328 e. The summed E-state index contributed by atoms with van der Waals surface area (Å²) in [7, 11) is 0. The second kappa shape index (κ2) is 34.0. The van der Waals surface area contributed by atoms with Crippen LogP contribution in [0.15, 0.2) is 118 Å². The standard InChI is InChI=1S/C27H34N6O3.C20H28N6O3.C17H20ClN5O2/c1-2-3-16-36-26-30-24(28)23-25(31-26)33(27(35)29-23)19-22-12-10-21(11-13-22)18-32(14-7-15-34)17-20-8-5-4-6-9-20;1-2-3-11-29-19-24-17(21)16-18(25-19)26(20(28)23-16)13-15-7-5-14(6-8-15)12-22-9-4-10-27;1-2-3-8-25-16-21-14(19)13-15(22-16)23(17(24)20-13)10-12-6-4-11(9-18)5-7-12/h4-6,8-13,34H,2-3,7,14-19H2,1H3,(H,29,35)(H2,28,30,31);5-8,22,27H,2-4,9-13H2,1H3,(H,23,28)(H2,21,24,25);4-7H,2-3,8-10H2,1H3,(H,20,24)(H2,19,21,22). The lowest BCUT2D eigenvalue weighted by Gasteiger charge is -2.22. The summed E-state index contributed by atoms with van der Waals surface area (Å²) in [5.74, 6) is 1.04. The van der Waals surface area contributed by atoms with E-state index in [1.807, 2.05) is 78.9 Å². The number of nitrogen functional groups attached to an aromatic ring is 3. The van der Waals surface area contributed by atoms with Gasteiger partial charge in [0, 0.05) is 45.3 Å². The lowest BCUT2D eigenvalue weighted by atomic mass is 10.1. The Morgan fingerprint density at radius 3 is 1.20 bits per heavy atom. The van der Waals surface area contributed by atoms with Crippen LogP contribution in [0.1, 0.15) is 111 Å². The van der Waals surface area contributed by atoms with Crippen molar-refractivity contribution in [3.63, 3.8) is 0 Å². The Hall–Kier alpha value is -9.14. The van der Waals surface area contributed by atoms with Crippen LogP contribution in [0, 0.1) is 0 Å². The molecule has 6 aromatic heterocycles. The Morgan fingerprint density at radius 1 is 0.478 bits per heavy atom. The highest BCUT2D eigenvalue weighted by molar-refractivity contribution is 6.17. The lowest BCUT2D eigenvalue weighted by Crippen LogP contribution is -2.24. The lowest BCUT2D eigenvalue weighted by molar-refractivity contribution is 0.212. The zero-order valence-corrected chi connectivity index (χ0v) is 52.1. The minimum absolute atomic E-state index is 0.170. The van der Waals surface area contributed by atoms with Gasteiger partial charge in [-0.3, -0.25) is 18.6 Å². The quantitative estimate of drug-likeness (QED) is 0.0151. The number of rotatable bonds is 31. The monoisotopic (exact) mass is 1250 g/mol. The molecule has 0 radical (unpaired) electrons. The Labute approximate surface area is 525 Å². The van der Waals surface area contributed by atoms with Crippen LogP contribution < -0.4 is 53.8 Å². The number of aromatic nitrogens is 12. The van der Waals surface area contributed by atoms with Crippen LogP contribution in [0.5, 0.6) is 18.0 Å². The fourth-order valence-corrected chi connectivity index (χ4v) is 9.67. The maximum atomic E-state index is 12.7. The van der Waals surface area contributed by atoms with Crippen LogP contribution in [0.2, 0.25) is 0 Å². The minimum atomic E-state index is -0.293. The van der Waals surface area contributed by atoms with E-state index in [2.05, 4.69) is 100 Å². The Balaban J connectivity index is 0.000000177. The number of nitrogens with two attached hydrogens (primary N) is 3. The smallest absolute Gasteiger partial charge is 0.328 e. The molecule has 12 N–H and O–H groups in total. The summed E-state index contributed by atoms with van der Waals surface area (Å²) in [6, 6.07) is 34.8. The maximum absolute atomic E-state index is 12.7. The molecule has 26 heteroatoms. The first-order valence-electron chi connectivity index (χ1n) is 30.5. The number of H-pyrrole nitrogens is 3. The van der Waals surface area contributed by atoms with Gasteiger partial charge in [0.25, 0.3) is 0 Å². The summed E-state index contributed by atoms with van der Waals surface area (Å²) in [6.45, 7) is 13.1. The van der Waals surface area contributed by atoms with Gasteiger partial charge in [0.05, 0.1) is 39.5 Å². The number of benzene rings is 4. The SMILES string of the molecule is CCCCOc1nc(N)c2[nH]c(=O)n(Cc3ccc(CCl)cc3)c2n1.CCCCOc1nc(N)c2[nH]c(=O)n(Cc3ccc(CN(CCCO)Cc4ccccc4)cc3)c2n1.CCCCOc1nc(N)c2[nH]c(=O)n(Cc3ccc(CNCCCO)cc3)c2n1. The number of halogens is 1. The second-order valence-corrected chi connectivity index (χ2v) is 21.8. The molecule has 0 aliphatic carbocycles. The summed E-state index contributed by atoms with van der Waals surface area (Å²) in [6.07, 6.45) is 7.13.